The number of primary amides is 1. The predicted molar refractivity (Wildman–Crippen MR) is 107 cm³/mol. The Morgan fingerprint density at radius 3 is 1.42 bits per heavy atom. The van der Waals surface area contributed by atoms with Gasteiger partial charge in [-0.05, 0) is 36.4 Å². The van der Waals surface area contributed by atoms with E-state index < -0.39 is 19.2 Å². The minimum absolute atomic E-state index is 0.119. The molecular weight excluding hydrogens is 343 g/mol. The van der Waals surface area contributed by atoms with Gasteiger partial charge < -0.3 is 10.8 Å². The third-order valence-corrected chi connectivity index (χ3v) is 8.48. The molecular formula is C21H19N2O2P. The van der Waals surface area contributed by atoms with Crippen molar-refractivity contribution in [3.8, 4) is 0 Å². The minimum atomic E-state index is -2.32. The Morgan fingerprint density at radius 1 is 0.769 bits per heavy atom. The quantitative estimate of drug-likeness (QED) is 0.427. The first-order valence-corrected chi connectivity index (χ1v) is 10.2. The lowest BCUT2D eigenvalue weighted by Crippen LogP contribution is -2.39. The highest BCUT2D eigenvalue weighted by Crippen LogP contribution is 2.54. The van der Waals surface area contributed by atoms with Crippen molar-refractivity contribution in [2.45, 2.75) is 0 Å². The second-order valence-electron chi connectivity index (χ2n) is 5.82. The summed E-state index contributed by atoms with van der Waals surface area (Å²) in [5.74, 6) is -0.498. The average molecular weight is 362 g/mol. The smallest absolute Gasteiger partial charge is 0.337 e. The van der Waals surface area contributed by atoms with Crippen LogP contribution in [0.5, 0.6) is 0 Å². The van der Waals surface area contributed by atoms with Crippen molar-refractivity contribution in [2.75, 3.05) is 6.16 Å². The average Bonchev–Trinajstić information content (AvgIpc) is 2.67. The summed E-state index contributed by atoms with van der Waals surface area (Å²) in [7, 11) is -2.32. The fourth-order valence-electron chi connectivity index (χ4n) is 3.13. The van der Waals surface area contributed by atoms with Gasteiger partial charge in [0.05, 0.1) is 0 Å². The molecule has 0 unspecified atom stereocenters. The molecule has 130 valence electrons. The third kappa shape index (κ3) is 3.66. The second-order valence-corrected chi connectivity index (χ2v) is 9.30. The minimum Gasteiger partial charge on any atom is -0.859 e. The molecule has 0 aliphatic heterocycles. The van der Waals surface area contributed by atoms with Gasteiger partial charge in [-0.3, -0.25) is 0 Å². The highest BCUT2D eigenvalue weighted by molar-refractivity contribution is 7.96. The van der Waals surface area contributed by atoms with Crippen LogP contribution >= 0.6 is 7.26 Å². The van der Waals surface area contributed by atoms with Gasteiger partial charge in [-0.25, -0.2) is 9.79 Å². The number of rotatable bonds is 5. The van der Waals surface area contributed by atoms with Gasteiger partial charge in [0.1, 0.15) is 29.3 Å². The molecule has 0 saturated carbocycles. The molecule has 2 N–H and O–H groups in total. The van der Waals surface area contributed by atoms with Crippen LogP contribution in [0.15, 0.2) is 96.0 Å². The maximum atomic E-state index is 12.5. The lowest BCUT2D eigenvalue weighted by Gasteiger charge is -2.29. The Kier molecular flexibility index (Phi) is 5.45. The van der Waals surface area contributed by atoms with Gasteiger partial charge in [0.25, 0.3) is 0 Å². The normalized spacial score (nSPS) is 11.9. The number of nitrogens with two attached hydrogens (primary N) is 1. The summed E-state index contributed by atoms with van der Waals surface area (Å²) in [6.45, 7) is 0. The van der Waals surface area contributed by atoms with Gasteiger partial charge in [-0.15, -0.1) is 0 Å². The van der Waals surface area contributed by atoms with E-state index in [1.54, 1.807) is 0 Å². The van der Waals surface area contributed by atoms with E-state index >= 15 is 0 Å². The Morgan fingerprint density at radius 2 is 1.12 bits per heavy atom. The summed E-state index contributed by atoms with van der Waals surface area (Å²) >= 11 is 0. The molecule has 0 bridgehead atoms. The van der Waals surface area contributed by atoms with Crippen molar-refractivity contribution in [2.24, 2.45) is 10.7 Å². The Labute approximate surface area is 153 Å². The summed E-state index contributed by atoms with van der Waals surface area (Å²) in [6.07, 6.45) is 0.119. The lowest BCUT2D eigenvalue weighted by atomic mass is 10.4. The second kappa shape index (κ2) is 7.94. The summed E-state index contributed by atoms with van der Waals surface area (Å²) in [6, 6.07) is 28.9. The van der Waals surface area contributed by atoms with Crippen LogP contribution in [-0.4, -0.2) is 18.1 Å². The monoisotopic (exact) mass is 362 g/mol. The van der Waals surface area contributed by atoms with Gasteiger partial charge in [0, 0.05) is 5.90 Å². The highest BCUT2D eigenvalue weighted by Gasteiger charge is 2.45. The van der Waals surface area contributed by atoms with Gasteiger partial charge in [-0.2, -0.15) is 0 Å². The lowest BCUT2D eigenvalue weighted by molar-refractivity contribution is -0.214. The van der Waals surface area contributed by atoms with E-state index in [2.05, 4.69) is 4.99 Å². The van der Waals surface area contributed by atoms with E-state index in [0.717, 1.165) is 15.9 Å². The molecule has 0 spiro atoms. The number of hydrogen-bond acceptors (Lipinski definition) is 2. The number of urea groups is 1. The molecule has 2 amide bonds. The van der Waals surface area contributed by atoms with Crippen LogP contribution in [0.4, 0.5) is 4.79 Å². The molecule has 0 aliphatic rings. The molecule has 0 aliphatic carbocycles. The van der Waals surface area contributed by atoms with Crippen LogP contribution in [-0.2, 0) is 0 Å². The first kappa shape index (κ1) is 17.8. The summed E-state index contributed by atoms with van der Waals surface area (Å²) in [4.78, 5) is 14.6. The first-order valence-electron chi connectivity index (χ1n) is 8.22. The third-order valence-electron chi connectivity index (χ3n) is 4.20. The van der Waals surface area contributed by atoms with Crippen molar-refractivity contribution in [3.05, 3.63) is 91.0 Å². The predicted octanol–water partition coefficient (Wildman–Crippen LogP) is 1.82. The van der Waals surface area contributed by atoms with E-state index in [1.807, 2.05) is 91.0 Å². The molecule has 0 aromatic heterocycles. The molecule has 0 fully saturated rings. The summed E-state index contributed by atoms with van der Waals surface area (Å²) in [5.41, 5.74) is 5.11. The molecule has 0 saturated heterocycles. The first-order chi connectivity index (χ1) is 12.6. The van der Waals surface area contributed by atoms with Gasteiger partial charge in [-0.1, -0.05) is 54.6 Å². The zero-order valence-corrected chi connectivity index (χ0v) is 15.1. The number of carbonyl (C=O) groups excluding carboxylic acids is 1. The Balaban J connectivity index is 2.30. The molecule has 3 rings (SSSR count). The number of nitrogens with zero attached hydrogens (tertiary/aromatic N) is 1. The van der Waals surface area contributed by atoms with Crippen LogP contribution in [0.2, 0.25) is 0 Å². The van der Waals surface area contributed by atoms with Crippen LogP contribution in [0.3, 0.4) is 0 Å². The van der Waals surface area contributed by atoms with Gasteiger partial charge >= 0.3 is 6.03 Å². The summed E-state index contributed by atoms with van der Waals surface area (Å²) < 4.78 is 0. The maximum Gasteiger partial charge on any atom is 0.337 e. The zero-order chi connectivity index (χ0) is 18.4. The number of amides is 2. The number of benzene rings is 3. The maximum absolute atomic E-state index is 12.5. The zero-order valence-electron chi connectivity index (χ0n) is 14.2. The van der Waals surface area contributed by atoms with Crippen molar-refractivity contribution in [1.82, 2.24) is 0 Å². The van der Waals surface area contributed by atoms with Crippen molar-refractivity contribution < 1.29 is 9.90 Å². The van der Waals surface area contributed by atoms with Crippen LogP contribution in [0.1, 0.15) is 0 Å². The fraction of sp³-hybridized carbons (Fsp3) is 0.0476. The summed E-state index contributed by atoms with van der Waals surface area (Å²) in [5, 5.41) is 15.7. The van der Waals surface area contributed by atoms with E-state index in [1.165, 1.54) is 0 Å². The standard InChI is InChI=1S/C21H19N2O2P/c22-21(25)23-20(24)16-26(17-10-4-1-5-11-17,18-12-6-2-7-13-18)19-14-8-3-9-15-19/h1-15H,16H2,(H2-,22,23,24,25). The highest BCUT2D eigenvalue weighted by atomic mass is 31.2. The van der Waals surface area contributed by atoms with Crippen molar-refractivity contribution in [1.29, 1.82) is 0 Å². The number of aliphatic imine (C=N–C) groups is 1. The molecule has 0 atom stereocenters. The van der Waals surface area contributed by atoms with E-state index in [0.29, 0.717) is 0 Å². The molecule has 4 nitrogen and oxygen atoms in total. The molecule has 0 radical (unpaired) electrons. The Hall–Kier alpha value is -2.97. The molecule has 0 heterocycles. The van der Waals surface area contributed by atoms with Crippen molar-refractivity contribution >= 4 is 35.1 Å². The van der Waals surface area contributed by atoms with E-state index in [-0.39, 0.29) is 6.16 Å². The topological polar surface area (TPSA) is 78.5 Å². The van der Waals surface area contributed by atoms with Crippen molar-refractivity contribution in [3.63, 3.8) is 0 Å². The van der Waals surface area contributed by atoms with Gasteiger partial charge in [0.15, 0.2) is 0 Å². The van der Waals surface area contributed by atoms with Crippen LogP contribution in [0.25, 0.3) is 0 Å². The Bertz CT molecular complexity index is 800. The van der Waals surface area contributed by atoms with Crippen LogP contribution in [0, 0.1) is 0 Å². The number of hydrogen-bond donors (Lipinski definition) is 1. The van der Waals surface area contributed by atoms with E-state index in [4.69, 9.17) is 5.73 Å². The number of carbonyl (C=O) groups is 1. The SMILES string of the molecule is NC(=O)/N=C(\[O-])C[P+](c1ccccc1)(c1ccccc1)c1ccccc1. The fourth-order valence-corrected chi connectivity index (χ4v) is 7.09. The molecule has 3 aromatic carbocycles. The van der Waals surface area contributed by atoms with Crippen LogP contribution < -0.4 is 26.8 Å². The molecule has 3 aromatic rings. The van der Waals surface area contributed by atoms with Gasteiger partial charge in [0.2, 0.25) is 0 Å². The molecule has 5 heteroatoms. The largest absolute Gasteiger partial charge is 0.859 e. The molecule has 26 heavy (non-hydrogen) atoms. The van der Waals surface area contributed by atoms with E-state index in [9.17, 15) is 9.90 Å².